The lowest BCUT2D eigenvalue weighted by Crippen LogP contribution is -2.30. The molecule has 7 heteroatoms. The van der Waals surface area contributed by atoms with Gasteiger partial charge in [0.2, 0.25) is 5.91 Å². The fourth-order valence-corrected chi connectivity index (χ4v) is 3.36. The summed E-state index contributed by atoms with van der Waals surface area (Å²) in [6, 6.07) is 16.3. The minimum Gasteiger partial charge on any atom is -0.455 e. The van der Waals surface area contributed by atoms with Gasteiger partial charge in [0.15, 0.2) is 6.61 Å². The molecule has 2 aromatic rings. The van der Waals surface area contributed by atoms with Gasteiger partial charge in [-0.2, -0.15) is 0 Å². The molecule has 28 heavy (non-hydrogen) atoms. The summed E-state index contributed by atoms with van der Waals surface area (Å²) < 4.78 is 5.11. The first kappa shape index (κ1) is 19.9. The molecule has 0 spiro atoms. The predicted molar refractivity (Wildman–Crippen MR) is 106 cm³/mol. The standard InChI is InChI=1S/C21H21ClN2O4/c1-14(15-7-3-2-4-8-15)24-12-16(11-20(24)26)21(27)28-13-19(25)23-18-10-6-5-9-17(18)22/h2-10,14,16H,11-13H2,1H3,(H,23,25)/t14-,16-/m1/s1. The molecule has 0 saturated carbocycles. The van der Waals surface area contributed by atoms with Crippen molar-refractivity contribution in [3.8, 4) is 0 Å². The number of ether oxygens (including phenoxy) is 1. The molecule has 6 nitrogen and oxygen atoms in total. The highest BCUT2D eigenvalue weighted by Crippen LogP contribution is 2.29. The SMILES string of the molecule is C[C@H](c1ccccc1)N1C[C@H](C(=O)OCC(=O)Nc2ccccc2Cl)CC1=O. The maximum absolute atomic E-state index is 12.3. The molecule has 0 unspecified atom stereocenters. The van der Waals surface area contributed by atoms with E-state index in [1.807, 2.05) is 37.3 Å². The van der Waals surface area contributed by atoms with E-state index in [-0.39, 0.29) is 24.9 Å². The van der Waals surface area contributed by atoms with Crippen molar-refractivity contribution < 1.29 is 19.1 Å². The van der Waals surface area contributed by atoms with Gasteiger partial charge in [-0.3, -0.25) is 14.4 Å². The van der Waals surface area contributed by atoms with Crippen molar-refractivity contribution in [2.75, 3.05) is 18.5 Å². The van der Waals surface area contributed by atoms with Gasteiger partial charge in [0.1, 0.15) is 0 Å². The molecule has 0 aromatic heterocycles. The highest BCUT2D eigenvalue weighted by atomic mass is 35.5. The van der Waals surface area contributed by atoms with E-state index in [9.17, 15) is 14.4 Å². The maximum Gasteiger partial charge on any atom is 0.311 e. The Labute approximate surface area is 168 Å². The monoisotopic (exact) mass is 400 g/mol. The second-order valence-electron chi connectivity index (χ2n) is 6.67. The van der Waals surface area contributed by atoms with E-state index >= 15 is 0 Å². The van der Waals surface area contributed by atoms with Gasteiger partial charge in [-0.25, -0.2) is 0 Å². The number of nitrogens with one attached hydrogen (secondary N) is 1. The molecule has 2 aromatic carbocycles. The van der Waals surface area contributed by atoms with Gasteiger partial charge in [0.25, 0.3) is 5.91 Å². The number of carbonyl (C=O) groups excluding carboxylic acids is 3. The van der Waals surface area contributed by atoms with Crippen molar-refractivity contribution in [1.82, 2.24) is 4.90 Å². The summed E-state index contributed by atoms with van der Waals surface area (Å²) in [5, 5.41) is 2.99. The lowest BCUT2D eigenvalue weighted by molar-refractivity contribution is -0.151. The molecule has 0 radical (unpaired) electrons. The number of benzene rings is 2. The molecule has 1 saturated heterocycles. The summed E-state index contributed by atoms with van der Waals surface area (Å²) in [6.07, 6.45) is 0.0855. The Bertz CT molecular complexity index is 872. The van der Waals surface area contributed by atoms with Crippen LogP contribution in [-0.4, -0.2) is 35.8 Å². The van der Waals surface area contributed by atoms with Crippen LogP contribution in [0.4, 0.5) is 5.69 Å². The number of rotatable bonds is 6. The normalized spacial score (nSPS) is 17.3. The smallest absolute Gasteiger partial charge is 0.311 e. The number of para-hydroxylation sites is 1. The van der Waals surface area contributed by atoms with Gasteiger partial charge in [-0.05, 0) is 24.6 Å². The van der Waals surface area contributed by atoms with E-state index < -0.39 is 24.4 Å². The van der Waals surface area contributed by atoms with Crippen LogP contribution in [0.2, 0.25) is 5.02 Å². The average molecular weight is 401 g/mol. The van der Waals surface area contributed by atoms with Gasteiger partial charge < -0.3 is 15.0 Å². The van der Waals surface area contributed by atoms with E-state index in [2.05, 4.69) is 5.32 Å². The summed E-state index contributed by atoms with van der Waals surface area (Å²) in [5.74, 6) is -1.71. The molecule has 2 amide bonds. The summed E-state index contributed by atoms with van der Waals surface area (Å²) in [6.45, 7) is 1.78. The van der Waals surface area contributed by atoms with Crippen LogP contribution in [0.25, 0.3) is 0 Å². The van der Waals surface area contributed by atoms with Crippen LogP contribution < -0.4 is 5.32 Å². The molecule has 1 fully saturated rings. The Balaban J connectivity index is 1.52. The third-order valence-electron chi connectivity index (χ3n) is 4.73. The summed E-state index contributed by atoms with van der Waals surface area (Å²) in [7, 11) is 0. The quantitative estimate of drug-likeness (QED) is 0.754. The average Bonchev–Trinajstić information content (AvgIpc) is 3.10. The zero-order chi connectivity index (χ0) is 20.1. The molecule has 3 rings (SSSR count). The minimum atomic E-state index is -0.577. The molecule has 0 aliphatic carbocycles. The van der Waals surface area contributed by atoms with Crippen molar-refractivity contribution in [2.24, 2.45) is 5.92 Å². The number of hydrogen-bond donors (Lipinski definition) is 1. The number of halogens is 1. The summed E-state index contributed by atoms with van der Waals surface area (Å²) in [5.41, 5.74) is 1.45. The highest BCUT2D eigenvalue weighted by Gasteiger charge is 2.38. The number of anilines is 1. The topological polar surface area (TPSA) is 75.7 Å². The molecule has 1 aliphatic rings. The lowest BCUT2D eigenvalue weighted by atomic mass is 10.1. The first-order valence-electron chi connectivity index (χ1n) is 9.01. The Morgan fingerprint density at radius 1 is 1.18 bits per heavy atom. The number of nitrogens with zero attached hydrogens (tertiary/aromatic N) is 1. The predicted octanol–water partition coefficient (Wildman–Crippen LogP) is 3.43. The van der Waals surface area contributed by atoms with Crippen LogP contribution >= 0.6 is 11.6 Å². The zero-order valence-corrected chi connectivity index (χ0v) is 16.2. The first-order valence-corrected chi connectivity index (χ1v) is 9.39. The van der Waals surface area contributed by atoms with E-state index in [1.165, 1.54) is 0 Å². The van der Waals surface area contributed by atoms with Crippen LogP contribution in [0, 0.1) is 5.92 Å². The highest BCUT2D eigenvalue weighted by molar-refractivity contribution is 6.33. The Kier molecular flexibility index (Phi) is 6.31. The van der Waals surface area contributed by atoms with Crippen molar-refractivity contribution in [3.63, 3.8) is 0 Å². The fraction of sp³-hybridized carbons (Fsp3) is 0.286. The maximum atomic E-state index is 12.3. The van der Waals surface area contributed by atoms with Gasteiger partial charge in [0, 0.05) is 13.0 Å². The van der Waals surface area contributed by atoms with Gasteiger partial charge in [-0.1, -0.05) is 54.1 Å². The molecular weight excluding hydrogens is 380 g/mol. The van der Waals surface area contributed by atoms with Gasteiger partial charge >= 0.3 is 5.97 Å². The van der Waals surface area contributed by atoms with Crippen molar-refractivity contribution in [3.05, 3.63) is 65.2 Å². The van der Waals surface area contributed by atoms with Crippen LogP contribution in [0.15, 0.2) is 54.6 Å². The zero-order valence-electron chi connectivity index (χ0n) is 15.4. The molecule has 1 aliphatic heterocycles. The molecule has 146 valence electrons. The molecule has 1 N–H and O–H groups in total. The van der Waals surface area contributed by atoms with E-state index in [0.717, 1.165) is 5.56 Å². The first-order chi connectivity index (χ1) is 13.5. The van der Waals surface area contributed by atoms with Crippen LogP contribution in [-0.2, 0) is 19.1 Å². The number of hydrogen-bond acceptors (Lipinski definition) is 4. The van der Waals surface area contributed by atoms with Crippen LogP contribution in [0.5, 0.6) is 0 Å². The summed E-state index contributed by atoms with van der Waals surface area (Å²) >= 11 is 5.98. The molecule has 0 bridgehead atoms. The lowest BCUT2D eigenvalue weighted by Gasteiger charge is -2.25. The van der Waals surface area contributed by atoms with Crippen molar-refractivity contribution in [2.45, 2.75) is 19.4 Å². The van der Waals surface area contributed by atoms with Gasteiger partial charge in [-0.15, -0.1) is 0 Å². The second-order valence-corrected chi connectivity index (χ2v) is 7.08. The van der Waals surface area contributed by atoms with E-state index in [0.29, 0.717) is 10.7 Å². The van der Waals surface area contributed by atoms with Crippen molar-refractivity contribution in [1.29, 1.82) is 0 Å². The van der Waals surface area contributed by atoms with Crippen molar-refractivity contribution >= 4 is 35.1 Å². The summed E-state index contributed by atoms with van der Waals surface area (Å²) in [4.78, 5) is 38.3. The Morgan fingerprint density at radius 3 is 2.57 bits per heavy atom. The second kappa shape index (κ2) is 8.89. The molecular formula is C21H21ClN2O4. The van der Waals surface area contributed by atoms with Crippen LogP contribution in [0.3, 0.4) is 0 Å². The Hall–Kier alpha value is -2.86. The van der Waals surface area contributed by atoms with Gasteiger partial charge in [0.05, 0.1) is 22.7 Å². The number of likely N-dealkylation sites (tertiary alicyclic amines) is 1. The van der Waals surface area contributed by atoms with Crippen LogP contribution in [0.1, 0.15) is 24.9 Å². The number of amides is 2. The number of esters is 1. The Morgan fingerprint density at radius 2 is 1.86 bits per heavy atom. The third kappa shape index (κ3) is 4.70. The molecule has 2 atom stereocenters. The minimum absolute atomic E-state index is 0.0855. The molecule has 1 heterocycles. The largest absolute Gasteiger partial charge is 0.455 e. The third-order valence-corrected chi connectivity index (χ3v) is 5.06. The number of carbonyl (C=O) groups is 3. The van der Waals surface area contributed by atoms with E-state index in [1.54, 1.807) is 29.2 Å². The fourth-order valence-electron chi connectivity index (χ4n) is 3.18. The van der Waals surface area contributed by atoms with E-state index in [4.69, 9.17) is 16.3 Å².